The molecule has 0 aromatic rings. The van der Waals surface area contributed by atoms with E-state index in [-0.39, 0.29) is 35.3 Å². The molecule has 0 aromatic carbocycles. The third-order valence-corrected chi connectivity index (χ3v) is 9.00. The number of rotatable bonds is 7. The van der Waals surface area contributed by atoms with Gasteiger partial charge in [-0.05, 0) is 69.8 Å². The summed E-state index contributed by atoms with van der Waals surface area (Å²) < 4.78 is 5.54. The van der Waals surface area contributed by atoms with Gasteiger partial charge in [0, 0.05) is 30.3 Å². The molecule has 0 amide bonds. The summed E-state index contributed by atoms with van der Waals surface area (Å²) in [6.07, 6.45) is 10.7. The second-order valence-electron chi connectivity index (χ2n) is 10.7. The maximum Gasteiger partial charge on any atom is 0.190 e. The molecule has 0 aromatic heterocycles. The molecule has 4 rings (SSSR count). The lowest BCUT2D eigenvalue weighted by molar-refractivity contribution is -0.157. The number of ketones is 3. The Morgan fingerprint density at radius 3 is 2.71 bits per heavy atom. The third-order valence-electron chi connectivity index (χ3n) is 9.00. The average Bonchev–Trinajstić information content (AvgIpc) is 3.00. The second-order valence-corrected chi connectivity index (χ2v) is 10.7. The summed E-state index contributed by atoms with van der Waals surface area (Å²) in [4.78, 5) is 36.1. The molecule has 5 nitrogen and oxygen atoms in total. The van der Waals surface area contributed by atoms with Crippen LogP contribution in [0, 0.1) is 22.7 Å². The highest BCUT2D eigenvalue weighted by Crippen LogP contribution is 2.65. The molecule has 5 heteroatoms. The fourth-order valence-electron chi connectivity index (χ4n) is 7.04. The Bertz CT molecular complexity index is 854. The number of hydrogen-bond acceptors (Lipinski definition) is 5. The van der Waals surface area contributed by atoms with E-state index in [2.05, 4.69) is 19.9 Å². The molecule has 0 heterocycles. The third kappa shape index (κ3) is 3.58. The Morgan fingerprint density at radius 2 is 1.97 bits per heavy atom. The van der Waals surface area contributed by atoms with Crippen LogP contribution in [-0.4, -0.2) is 41.3 Å². The number of allylic oxidation sites excluding steroid dienone is 4. The highest BCUT2D eigenvalue weighted by Gasteiger charge is 2.64. The molecule has 0 spiro atoms. The predicted octanol–water partition coefficient (Wildman–Crippen LogP) is 4.12. The second kappa shape index (κ2) is 8.08. The van der Waals surface area contributed by atoms with Crippen molar-refractivity contribution < 1.29 is 24.2 Å². The zero-order valence-electron chi connectivity index (χ0n) is 19.2. The lowest BCUT2D eigenvalue weighted by atomic mass is 9.50. The highest BCUT2D eigenvalue weighted by atomic mass is 16.5. The number of fused-ring (bicyclic) bond motifs is 5. The summed E-state index contributed by atoms with van der Waals surface area (Å²) in [5.74, 6) is 0.785. The van der Waals surface area contributed by atoms with E-state index < -0.39 is 11.0 Å². The molecule has 2 saturated carbocycles. The number of carbonyl (C=O) groups excluding carboxylic acids is 3. The SMILES string of the molecule is CC(=O)CCCOCC(=O)[C@@]1(O)CCC2C3CCC4=CC(=O)CC[C@]4(C)C3=CC[C@@]21C. The van der Waals surface area contributed by atoms with E-state index in [1.165, 1.54) is 11.1 Å². The zero-order valence-corrected chi connectivity index (χ0v) is 19.2. The van der Waals surface area contributed by atoms with Gasteiger partial charge in [-0.1, -0.05) is 31.1 Å². The van der Waals surface area contributed by atoms with Crippen molar-refractivity contribution in [2.45, 2.75) is 84.2 Å². The summed E-state index contributed by atoms with van der Waals surface area (Å²) in [7, 11) is 0. The Balaban J connectivity index is 1.51. The summed E-state index contributed by atoms with van der Waals surface area (Å²) in [6.45, 7) is 6.19. The first-order valence-corrected chi connectivity index (χ1v) is 11.9. The molecule has 0 saturated heterocycles. The van der Waals surface area contributed by atoms with Crippen LogP contribution in [0.2, 0.25) is 0 Å². The van der Waals surface area contributed by atoms with Crippen LogP contribution < -0.4 is 0 Å². The van der Waals surface area contributed by atoms with Crippen molar-refractivity contribution in [1.29, 1.82) is 0 Å². The van der Waals surface area contributed by atoms with Crippen molar-refractivity contribution in [3.8, 4) is 0 Å². The molecule has 31 heavy (non-hydrogen) atoms. The zero-order chi connectivity index (χ0) is 22.4. The predicted molar refractivity (Wildman–Crippen MR) is 117 cm³/mol. The summed E-state index contributed by atoms with van der Waals surface area (Å²) in [6, 6.07) is 0. The Labute approximate surface area is 185 Å². The van der Waals surface area contributed by atoms with Crippen LogP contribution in [0.15, 0.2) is 23.3 Å². The van der Waals surface area contributed by atoms with Crippen LogP contribution in [0.5, 0.6) is 0 Å². The summed E-state index contributed by atoms with van der Waals surface area (Å²) >= 11 is 0. The molecule has 2 fully saturated rings. The topological polar surface area (TPSA) is 80.7 Å². The van der Waals surface area contributed by atoms with E-state index in [1.54, 1.807) is 6.92 Å². The first kappa shape index (κ1) is 22.6. The first-order chi connectivity index (χ1) is 14.6. The summed E-state index contributed by atoms with van der Waals surface area (Å²) in [5, 5.41) is 11.6. The maximum absolute atomic E-state index is 13.1. The van der Waals surface area contributed by atoms with Crippen LogP contribution in [0.3, 0.4) is 0 Å². The number of ether oxygens (including phenoxy) is 1. The largest absolute Gasteiger partial charge is 0.381 e. The number of carbonyl (C=O) groups is 3. The van der Waals surface area contributed by atoms with Gasteiger partial charge in [0.15, 0.2) is 11.6 Å². The molecule has 0 radical (unpaired) electrons. The van der Waals surface area contributed by atoms with Crippen LogP contribution in [0.25, 0.3) is 0 Å². The van der Waals surface area contributed by atoms with Crippen LogP contribution in [0.4, 0.5) is 0 Å². The van der Waals surface area contributed by atoms with Crippen molar-refractivity contribution in [2.24, 2.45) is 22.7 Å². The number of aliphatic hydroxyl groups is 1. The molecule has 5 atom stereocenters. The van der Waals surface area contributed by atoms with Gasteiger partial charge in [-0.2, -0.15) is 0 Å². The fraction of sp³-hybridized carbons (Fsp3) is 0.731. The van der Waals surface area contributed by atoms with Crippen molar-refractivity contribution >= 4 is 17.3 Å². The van der Waals surface area contributed by atoms with Crippen molar-refractivity contribution in [3.05, 3.63) is 23.3 Å². The van der Waals surface area contributed by atoms with Gasteiger partial charge in [0.25, 0.3) is 0 Å². The lowest BCUT2D eigenvalue weighted by Gasteiger charge is -2.54. The van der Waals surface area contributed by atoms with Gasteiger partial charge in [0.05, 0.1) is 0 Å². The minimum absolute atomic E-state index is 0.0390. The quantitative estimate of drug-likeness (QED) is 0.487. The van der Waals surface area contributed by atoms with Gasteiger partial charge < -0.3 is 14.6 Å². The van der Waals surface area contributed by atoms with Gasteiger partial charge in [-0.3, -0.25) is 9.59 Å². The maximum atomic E-state index is 13.1. The smallest absolute Gasteiger partial charge is 0.190 e. The van der Waals surface area contributed by atoms with Crippen molar-refractivity contribution in [2.75, 3.05) is 13.2 Å². The lowest BCUT2D eigenvalue weighted by Crippen LogP contribution is -2.55. The van der Waals surface area contributed by atoms with E-state index in [4.69, 9.17) is 4.74 Å². The van der Waals surface area contributed by atoms with Gasteiger partial charge >= 0.3 is 0 Å². The molecule has 1 N–H and O–H groups in total. The van der Waals surface area contributed by atoms with Crippen LogP contribution in [-0.2, 0) is 19.1 Å². The minimum Gasteiger partial charge on any atom is -0.381 e. The van der Waals surface area contributed by atoms with E-state index in [9.17, 15) is 19.5 Å². The molecule has 0 aliphatic heterocycles. The number of Topliss-reactive ketones (excluding diaryl/α,β-unsaturated/α-hetero) is 2. The number of hydrogen-bond donors (Lipinski definition) is 1. The Morgan fingerprint density at radius 1 is 1.19 bits per heavy atom. The van der Waals surface area contributed by atoms with Crippen molar-refractivity contribution in [1.82, 2.24) is 0 Å². The molecule has 2 unspecified atom stereocenters. The monoisotopic (exact) mass is 428 g/mol. The van der Waals surface area contributed by atoms with Gasteiger partial charge in [0.1, 0.15) is 18.0 Å². The van der Waals surface area contributed by atoms with Gasteiger partial charge in [-0.15, -0.1) is 0 Å². The van der Waals surface area contributed by atoms with E-state index >= 15 is 0 Å². The molecule has 4 aliphatic carbocycles. The highest BCUT2D eigenvalue weighted by molar-refractivity contribution is 5.92. The Hall–Kier alpha value is -1.59. The molecule has 0 bridgehead atoms. The molecule has 4 aliphatic rings. The Kier molecular flexibility index (Phi) is 5.89. The first-order valence-electron chi connectivity index (χ1n) is 11.9. The van der Waals surface area contributed by atoms with E-state index in [0.29, 0.717) is 44.6 Å². The molecule has 170 valence electrons. The van der Waals surface area contributed by atoms with Gasteiger partial charge in [-0.25, -0.2) is 0 Å². The van der Waals surface area contributed by atoms with Crippen LogP contribution in [0.1, 0.15) is 78.6 Å². The van der Waals surface area contributed by atoms with Crippen molar-refractivity contribution in [3.63, 3.8) is 0 Å². The summed E-state index contributed by atoms with van der Waals surface area (Å²) in [5.41, 5.74) is 0.835. The fourth-order valence-corrected chi connectivity index (χ4v) is 7.04. The van der Waals surface area contributed by atoms with E-state index in [1.807, 2.05) is 6.08 Å². The standard InChI is InChI=1S/C26H36O5/c1-17(27)5-4-14-31-16-23(29)26(30)13-10-22-20-7-6-18-15-19(28)8-11-24(18,2)21(20)9-12-25(22,26)3/h9,15,20,22,30H,4-8,10-14,16H2,1-3H3/t20?,22?,24-,25-,26-/m0/s1. The van der Waals surface area contributed by atoms with E-state index in [0.717, 1.165) is 25.7 Å². The van der Waals surface area contributed by atoms with Gasteiger partial charge in [0.2, 0.25) is 0 Å². The minimum atomic E-state index is -1.36. The molecular weight excluding hydrogens is 392 g/mol. The van der Waals surface area contributed by atoms with Crippen LogP contribution >= 0.6 is 0 Å². The molecular formula is C26H36O5. The average molecular weight is 429 g/mol. The normalized spacial score (nSPS) is 39.2.